The molecule has 0 unspecified atom stereocenters. The molecule has 6 nitrogen and oxygen atoms in total. The van der Waals surface area contributed by atoms with E-state index in [1.54, 1.807) is 29.2 Å². The first kappa shape index (κ1) is 19.5. The summed E-state index contributed by atoms with van der Waals surface area (Å²) in [5, 5.41) is 0.387. The number of nitrogens with zero attached hydrogens (tertiary/aromatic N) is 2. The number of unbranched alkanes of at least 4 members (excludes halogenated alkanes) is 1. The van der Waals surface area contributed by atoms with E-state index in [1.807, 2.05) is 4.90 Å². The topological polar surface area (TPSA) is 66.9 Å². The smallest absolute Gasteiger partial charge is 0.339 e. The van der Waals surface area contributed by atoms with Gasteiger partial charge in [-0.2, -0.15) is 8.42 Å². The molecule has 2 aromatic rings. The summed E-state index contributed by atoms with van der Waals surface area (Å²) in [5.41, 5.74) is 0.667. The Kier molecular flexibility index (Phi) is 5.92. The van der Waals surface area contributed by atoms with Gasteiger partial charge in [0.25, 0.3) is 0 Å². The molecule has 0 spiro atoms. The predicted molar refractivity (Wildman–Crippen MR) is 105 cm³/mol. The molecule has 1 aliphatic rings. The van der Waals surface area contributed by atoms with Crippen LogP contribution >= 0.6 is 11.6 Å². The molecule has 3 rings (SSSR count). The van der Waals surface area contributed by atoms with Gasteiger partial charge in [-0.15, -0.1) is 0 Å². The summed E-state index contributed by atoms with van der Waals surface area (Å²) in [6.45, 7) is 4.10. The van der Waals surface area contributed by atoms with Crippen molar-refractivity contribution < 1.29 is 17.4 Å². The third-order valence-corrected chi connectivity index (χ3v) is 5.81. The number of rotatable bonds is 7. The molecule has 2 amide bonds. The number of hydrogen-bond donors (Lipinski definition) is 0. The van der Waals surface area contributed by atoms with Crippen LogP contribution in [0.1, 0.15) is 19.8 Å². The fourth-order valence-corrected chi connectivity index (χ4v) is 3.97. The average molecular weight is 409 g/mol. The molecule has 8 heteroatoms. The van der Waals surface area contributed by atoms with E-state index in [0.29, 0.717) is 23.8 Å². The van der Waals surface area contributed by atoms with Gasteiger partial charge in [0.1, 0.15) is 10.6 Å². The largest absolute Gasteiger partial charge is 0.379 e. The SMILES string of the molecule is CCCCN1CCN(c2ccc(S(=O)(=O)Oc3cccc(Cl)c3)cc2)C1=O. The zero-order chi connectivity index (χ0) is 19.4. The number of amides is 2. The molecule has 1 fully saturated rings. The summed E-state index contributed by atoms with van der Waals surface area (Å²) in [5.74, 6) is 0.146. The van der Waals surface area contributed by atoms with Gasteiger partial charge in [-0.1, -0.05) is 31.0 Å². The number of hydrogen-bond acceptors (Lipinski definition) is 4. The minimum atomic E-state index is -3.98. The highest BCUT2D eigenvalue weighted by Crippen LogP contribution is 2.25. The van der Waals surface area contributed by atoms with Crippen molar-refractivity contribution in [3.05, 3.63) is 53.6 Å². The molecule has 0 N–H and O–H groups in total. The van der Waals surface area contributed by atoms with Crippen LogP contribution < -0.4 is 9.08 Å². The Balaban J connectivity index is 1.72. The molecule has 0 bridgehead atoms. The van der Waals surface area contributed by atoms with Gasteiger partial charge >= 0.3 is 16.1 Å². The lowest BCUT2D eigenvalue weighted by molar-refractivity contribution is 0.220. The van der Waals surface area contributed by atoms with E-state index in [-0.39, 0.29) is 16.7 Å². The summed E-state index contributed by atoms with van der Waals surface area (Å²) in [7, 11) is -3.98. The Morgan fingerprint density at radius 2 is 1.85 bits per heavy atom. The lowest BCUT2D eigenvalue weighted by Crippen LogP contribution is -2.32. The van der Waals surface area contributed by atoms with E-state index in [0.717, 1.165) is 19.4 Å². The monoisotopic (exact) mass is 408 g/mol. The van der Waals surface area contributed by atoms with Crippen molar-refractivity contribution in [2.24, 2.45) is 0 Å². The number of anilines is 1. The lowest BCUT2D eigenvalue weighted by Gasteiger charge is -2.18. The molecule has 0 atom stereocenters. The lowest BCUT2D eigenvalue weighted by atomic mass is 10.3. The summed E-state index contributed by atoms with van der Waals surface area (Å²) in [4.78, 5) is 16.0. The van der Waals surface area contributed by atoms with Crippen LogP contribution in [0.4, 0.5) is 10.5 Å². The number of carbonyl (C=O) groups excluding carboxylic acids is 1. The Bertz CT molecular complexity index is 916. The second kappa shape index (κ2) is 8.19. The Hall–Kier alpha value is -2.25. The number of carbonyl (C=O) groups is 1. The molecule has 1 heterocycles. The van der Waals surface area contributed by atoms with Crippen LogP contribution in [0.15, 0.2) is 53.4 Å². The maximum atomic E-state index is 12.5. The van der Waals surface area contributed by atoms with Gasteiger partial charge in [0.15, 0.2) is 0 Å². The third-order valence-electron chi connectivity index (χ3n) is 4.32. The minimum absolute atomic E-state index is 0.0145. The van der Waals surface area contributed by atoms with Gasteiger partial charge in [0.2, 0.25) is 0 Å². The second-order valence-corrected chi connectivity index (χ2v) is 8.25. The van der Waals surface area contributed by atoms with Crippen molar-refractivity contribution in [3.63, 3.8) is 0 Å². The van der Waals surface area contributed by atoms with E-state index < -0.39 is 10.1 Å². The molecular weight excluding hydrogens is 388 g/mol. The normalized spacial score (nSPS) is 14.7. The van der Waals surface area contributed by atoms with Crippen LogP contribution in [0.5, 0.6) is 5.75 Å². The van der Waals surface area contributed by atoms with Gasteiger partial charge in [-0.25, -0.2) is 4.79 Å². The number of benzene rings is 2. The molecule has 1 saturated heterocycles. The van der Waals surface area contributed by atoms with Crippen molar-refractivity contribution in [3.8, 4) is 5.75 Å². The second-order valence-electron chi connectivity index (χ2n) is 6.26. The highest BCUT2D eigenvalue weighted by Gasteiger charge is 2.29. The standard InChI is InChI=1S/C19H21ClN2O4S/c1-2-3-11-21-12-13-22(19(21)23)16-7-9-18(10-8-16)27(24,25)26-17-6-4-5-15(20)14-17/h4-10,14H,2-3,11-13H2,1H3. The Morgan fingerprint density at radius 3 is 2.52 bits per heavy atom. The van der Waals surface area contributed by atoms with E-state index in [9.17, 15) is 13.2 Å². The first-order valence-electron chi connectivity index (χ1n) is 8.77. The van der Waals surface area contributed by atoms with Gasteiger partial charge in [-0.05, 0) is 42.8 Å². The van der Waals surface area contributed by atoms with Gasteiger partial charge in [-0.3, -0.25) is 4.90 Å². The zero-order valence-corrected chi connectivity index (χ0v) is 16.5. The van der Waals surface area contributed by atoms with E-state index in [2.05, 4.69) is 6.92 Å². The first-order chi connectivity index (χ1) is 12.9. The van der Waals surface area contributed by atoms with Crippen LogP contribution in [0.3, 0.4) is 0 Å². The van der Waals surface area contributed by atoms with Gasteiger partial charge < -0.3 is 9.08 Å². The first-order valence-corrected chi connectivity index (χ1v) is 10.6. The van der Waals surface area contributed by atoms with Crippen molar-refractivity contribution >= 4 is 33.4 Å². The van der Waals surface area contributed by atoms with E-state index in [4.69, 9.17) is 15.8 Å². The number of halogens is 1. The molecule has 27 heavy (non-hydrogen) atoms. The van der Waals surface area contributed by atoms with Gasteiger partial charge in [0, 0.05) is 36.4 Å². The predicted octanol–water partition coefficient (Wildman–Crippen LogP) is 4.15. The molecule has 1 aliphatic heterocycles. The van der Waals surface area contributed by atoms with Gasteiger partial charge in [0.05, 0.1) is 0 Å². The fourth-order valence-electron chi connectivity index (χ4n) is 2.87. The minimum Gasteiger partial charge on any atom is -0.379 e. The molecular formula is C19H21ClN2O4S. The summed E-state index contributed by atoms with van der Waals surface area (Å²) in [6, 6.07) is 12.3. The van der Waals surface area contributed by atoms with Crippen molar-refractivity contribution in [2.75, 3.05) is 24.5 Å². The molecule has 0 saturated carbocycles. The highest BCUT2D eigenvalue weighted by atomic mass is 35.5. The maximum absolute atomic E-state index is 12.5. The van der Waals surface area contributed by atoms with Crippen LogP contribution in [0.2, 0.25) is 5.02 Å². The van der Waals surface area contributed by atoms with Crippen LogP contribution in [0, 0.1) is 0 Å². The molecule has 2 aromatic carbocycles. The molecule has 0 aliphatic carbocycles. The quantitative estimate of drug-likeness (QED) is 0.645. The summed E-state index contributed by atoms with van der Waals surface area (Å²) in [6.07, 6.45) is 2.00. The van der Waals surface area contributed by atoms with Crippen molar-refractivity contribution in [2.45, 2.75) is 24.7 Å². The number of urea groups is 1. The zero-order valence-electron chi connectivity index (χ0n) is 15.0. The van der Waals surface area contributed by atoms with Crippen LogP contribution in [-0.2, 0) is 10.1 Å². The van der Waals surface area contributed by atoms with E-state index in [1.165, 1.54) is 24.3 Å². The third kappa shape index (κ3) is 4.54. The Morgan fingerprint density at radius 1 is 1.11 bits per heavy atom. The summed E-state index contributed by atoms with van der Waals surface area (Å²) >= 11 is 5.85. The maximum Gasteiger partial charge on any atom is 0.339 e. The van der Waals surface area contributed by atoms with Crippen molar-refractivity contribution in [1.29, 1.82) is 0 Å². The Labute approximate surface area is 164 Å². The molecule has 144 valence electrons. The van der Waals surface area contributed by atoms with Crippen LogP contribution in [-0.4, -0.2) is 39.0 Å². The van der Waals surface area contributed by atoms with E-state index >= 15 is 0 Å². The van der Waals surface area contributed by atoms with Crippen LogP contribution in [0.25, 0.3) is 0 Å². The highest BCUT2D eigenvalue weighted by molar-refractivity contribution is 7.87. The van der Waals surface area contributed by atoms with Crippen molar-refractivity contribution in [1.82, 2.24) is 4.90 Å². The molecule has 0 radical (unpaired) electrons. The molecule has 0 aromatic heterocycles. The average Bonchev–Trinajstić information content (AvgIpc) is 3.00. The summed E-state index contributed by atoms with van der Waals surface area (Å²) < 4.78 is 30.0. The fraction of sp³-hybridized carbons (Fsp3) is 0.316.